The number of nitro groups is 1. The average Bonchev–Trinajstić information content (AvgIpc) is 2.81. The second-order valence-corrected chi connectivity index (χ2v) is 5.88. The van der Waals surface area contributed by atoms with Gasteiger partial charge in [0.2, 0.25) is 0 Å². The number of benzene rings is 1. The van der Waals surface area contributed by atoms with E-state index < -0.39 is 4.92 Å². The first-order valence-corrected chi connectivity index (χ1v) is 7.33. The average molecular weight is 296 g/mol. The van der Waals surface area contributed by atoms with Gasteiger partial charge in [0.05, 0.1) is 12.0 Å². The van der Waals surface area contributed by atoms with Crippen molar-refractivity contribution in [2.24, 2.45) is 0 Å². The summed E-state index contributed by atoms with van der Waals surface area (Å²) in [6, 6.07) is 4.62. The van der Waals surface area contributed by atoms with Crippen molar-refractivity contribution < 1.29 is 9.66 Å². The molecule has 0 aliphatic rings. The van der Waals surface area contributed by atoms with E-state index in [0.717, 1.165) is 15.6 Å². The second-order valence-electron chi connectivity index (χ2n) is 3.80. The van der Waals surface area contributed by atoms with E-state index in [1.807, 2.05) is 12.3 Å². The number of nitro benzene ring substituents is 1. The molecule has 19 heavy (non-hydrogen) atoms. The molecule has 0 unspecified atom stereocenters. The fourth-order valence-corrected chi connectivity index (χ4v) is 3.36. The van der Waals surface area contributed by atoms with Gasteiger partial charge in [-0.3, -0.25) is 10.1 Å². The zero-order valence-electron chi connectivity index (χ0n) is 10.5. The Bertz CT molecular complexity index is 598. The van der Waals surface area contributed by atoms with Gasteiger partial charge < -0.3 is 4.74 Å². The molecule has 0 aliphatic carbocycles. The van der Waals surface area contributed by atoms with Gasteiger partial charge in [0, 0.05) is 34.5 Å². The topological polar surface area (TPSA) is 65.3 Å². The number of nitrogens with zero attached hydrogens (tertiary/aromatic N) is 2. The molecule has 0 bridgehead atoms. The zero-order valence-corrected chi connectivity index (χ0v) is 12.1. The lowest BCUT2D eigenvalue weighted by atomic mass is 10.2. The molecular weight excluding hydrogens is 284 g/mol. The normalized spacial score (nSPS) is 10.4. The summed E-state index contributed by atoms with van der Waals surface area (Å²) in [5.74, 6) is 1.25. The number of thiazole rings is 1. The lowest BCUT2D eigenvalue weighted by molar-refractivity contribution is -0.384. The molecule has 0 N–H and O–H groups in total. The summed E-state index contributed by atoms with van der Waals surface area (Å²) in [5.41, 5.74) is 1.86. The zero-order chi connectivity index (χ0) is 13.8. The Kier molecular flexibility index (Phi) is 4.39. The Labute approximate surface area is 118 Å². The molecule has 0 aliphatic heterocycles. The molecule has 0 spiro atoms. The summed E-state index contributed by atoms with van der Waals surface area (Å²) in [6.45, 7) is 1.94. The van der Waals surface area contributed by atoms with E-state index in [0.29, 0.717) is 11.5 Å². The van der Waals surface area contributed by atoms with E-state index in [2.05, 4.69) is 4.98 Å². The first kappa shape index (κ1) is 13.8. The molecule has 5 nitrogen and oxygen atoms in total. The monoisotopic (exact) mass is 296 g/mol. The van der Waals surface area contributed by atoms with Crippen molar-refractivity contribution in [3.8, 4) is 5.75 Å². The number of rotatable bonds is 5. The first-order chi connectivity index (χ1) is 9.10. The van der Waals surface area contributed by atoms with Crippen molar-refractivity contribution in [2.75, 3.05) is 7.11 Å². The smallest absolute Gasteiger partial charge is 0.270 e. The maximum Gasteiger partial charge on any atom is 0.270 e. The highest BCUT2D eigenvalue weighted by atomic mass is 32.2. The maximum atomic E-state index is 10.8. The summed E-state index contributed by atoms with van der Waals surface area (Å²) in [4.78, 5) is 14.7. The van der Waals surface area contributed by atoms with Crippen LogP contribution in [0.2, 0.25) is 0 Å². The van der Waals surface area contributed by atoms with Gasteiger partial charge in [0.1, 0.15) is 10.1 Å². The van der Waals surface area contributed by atoms with Crippen molar-refractivity contribution in [3.05, 3.63) is 45.0 Å². The maximum absolute atomic E-state index is 10.8. The summed E-state index contributed by atoms with van der Waals surface area (Å²) in [5, 5.41) is 12.8. The summed E-state index contributed by atoms with van der Waals surface area (Å²) in [7, 11) is 1.56. The van der Waals surface area contributed by atoms with Crippen LogP contribution in [0.1, 0.15) is 11.3 Å². The van der Waals surface area contributed by atoms with Crippen LogP contribution in [0.5, 0.6) is 5.75 Å². The molecular formula is C12H12N2O3S2. The van der Waals surface area contributed by atoms with Gasteiger partial charge in [-0.25, -0.2) is 4.98 Å². The molecule has 7 heteroatoms. The van der Waals surface area contributed by atoms with Crippen molar-refractivity contribution in [1.29, 1.82) is 0 Å². The molecule has 1 aromatic carbocycles. The largest absolute Gasteiger partial charge is 0.496 e. The van der Waals surface area contributed by atoms with Crippen LogP contribution in [0, 0.1) is 17.0 Å². The van der Waals surface area contributed by atoms with Gasteiger partial charge in [0.25, 0.3) is 5.69 Å². The van der Waals surface area contributed by atoms with E-state index in [1.165, 1.54) is 6.07 Å². The Morgan fingerprint density at radius 3 is 2.89 bits per heavy atom. The molecule has 0 radical (unpaired) electrons. The van der Waals surface area contributed by atoms with E-state index >= 15 is 0 Å². The Balaban J connectivity index is 2.17. The van der Waals surface area contributed by atoms with Crippen LogP contribution in [0.25, 0.3) is 0 Å². The second kappa shape index (κ2) is 6.03. The summed E-state index contributed by atoms with van der Waals surface area (Å²) in [6.07, 6.45) is 0. The molecule has 100 valence electrons. The molecule has 0 saturated heterocycles. The van der Waals surface area contributed by atoms with Crippen molar-refractivity contribution in [2.45, 2.75) is 17.0 Å². The minimum atomic E-state index is -0.402. The van der Waals surface area contributed by atoms with E-state index in [9.17, 15) is 10.1 Å². The number of ether oxygens (including phenoxy) is 1. The van der Waals surface area contributed by atoms with Crippen LogP contribution in [-0.2, 0) is 5.75 Å². The fraction of sp³-hybridized carbons (Fsp3) is 0.250. The highest BCUT2D eigenvalue weighted by Gasteiger charge is 2.12. The van der Waals surface area contributed by atoms with Gasteiger partial charge in [0.15, 0.2) is 0 Å². The van der Waals surface area contributed by atoms with Crippen LogP contribution in [0.15, 0.2) is 27.9 Å². The molecule has 1 heterocycles. The quantitative estimate of drug-likeness (QED) is 0.478. The van der Waals surface area contributed by atoms with Crippen molar-refractivity contribution in [3.63, 3.8) is 0 Å². The van der Waals surface area contributed by atoms with Gasteiger partial charge in [-0.15, -0.1) is 11.3 Å². The molecule has 1 aromatic heterocycles. The molecule has 0 fully saturated rings. The predicted molar refractivity (Wildman–Crippen MR) is 76.1 cm³/mol. The number of aryl methyl sites for hydroxylation is 1. The number of thioether (sulfide) groups is 1. The molecule has 2 aromatic rings. The summed E-state index contributed by atoms with van der Waals surface area (Å²) >= 11 is 3.12. The Morgan fingerprint density at radius 1 is 1.53 bits per heavy atom. The number of methoxy groups -OCH3 is 1. The predicted octanol–water partition coefficient (Wildman–Crippen LogP) is 3.66. The van der Waals surface area contributed by atoms with Gasteiger partial charge >= 0.3 is 0 Å². The highest BCUT2D eigenvalue weighted by molar-refractivity contribution is 8.00. The summed E-state index contributed by atoms with van der Waals surface area (Å²) < 4.78 is 6.17. The minimum absolute atomic E-state index is 0.0757. The van der Waals surface area contributed by atoms with E-state index in [4.69, 9.17) is 4.74 Å². The van der Waals surface area contributed by atoms with Gasteiger partial charge in [-0.05, 0) is 13.0 Å². The minimum Gasteiger partial charge on any atom is -0.496 e. The Hall–Kier alpha value is -1.60. The highest BCUT2D eigenvalue weighted by Crippen LogP contribution is 2.31. The molecule has 2 rings (SSSR count). The number of non-ortho nitro benzene ring substituents is 1. The van der Waals surface area contributed by atoms with Crippen LogP contribution in [0.4, 0.5) is 5.69 Å². The molecule has 0 amide bonds. The van der Waals surface area contributed by atoms with Gasteiger partial charge in [-0.1, -0.05) is 11.8 Å². The fourth-order valence-electron chi connectivity index (χ4n) is 1.53. The van der Waals surface area contributed by atoms with Crippen LogP contribution in [0.3, 0.4) is 0 Å². The van der Waals surface area contributed by atoms with Crippen LogP contribution in [-0.4, -0.2) is 17.0 Å². The lowest BCUT2D eigenvalue weighted by Gasteiger charge is -2.06. The Morgan fingerprint density at radius 2 is 2.32 bits per heavy atom. The van der Waals surface area contributed by atoms with E-state index in [1.54, 1.807) is 42.3 Å². The third-order valence-electron chi connectivity index (χ3n) is 2.42. The van der Waals surface area contributed by atoms with Crippen molar-refractivity contribution in [1.82, 2.24) is 4.98 Å². The molecule has 0 atom stereocenters. The van der Waals surface area contributed by atoms with Gasteiger partial charge in [-0.2, -0.15) is 0 Å². The van der Waals surface area contributed by atoms with Crippen LogP contribution < -0.4 is 4.74 Å². The number of hydrogen-bond acceptors (Lipinski definition) is 6. The first-order valence-electron chi connectivity index (χ1n) is 5.46. The number of aromatic nitrogens is 1. The molecule has 0 saturated carbocycles. The lowest BCUT2D eigenvalue weighted by Crippen LogP contribution is -1.94. The standard InChI is InChI=1S/C12H12N2O3S2/c1-8-6-18-12(13-8)19-7-9-5-10(14(15)16)3-4-11(9)17-2/h3-6H,7H2,1-2H3. The SMILES string of the molecule is COc1ccc([N+](=O)[O-])cc1CSc1nc(C)cs1. The third kappa shape index (κ3) is 3.45. The van der Waals surface area contributed by atoms with Crippen LogP contribution >= 0.6 is 23.1 Å². The van der Waals surface area contributed by atoms with E-state index in [-0.39, 0.29) is 5.69 Å². The van der Waals surface area contributed by atoms with Crippen molar-refractivity contribution >= 4 is 28.8 Å². The third-order valence-corrected chi connectivity index (χ3v) is 4.61. The number of hydrogen-bond donors (Lipinski definition) is 0.